The lowest BCUT2D eigenvalue weighted by atomic mass is 10.2. The van der Waals surface area contributed by atoms with Crippen LogP contribution in [0, 0.1) is 0 Å². The van der Waals surface area contributed by atoms with Gasteiger partial charge in [0.15, 0.2) is 0 Å². The van der Waals surface area contributed by atoms with Crippen molar-refractivity contribution in [1.29, 1.82) is 0 Å². The molecule has 13 heavy (non-hydrogen) atoms. The third kappa shape index (κ3) is 1.45. The van der Waals surface area contributed by atoms with Crippen LogP contribution in [0.1, 0.15) is 5.56 Å². The second-order valence-electron chi connectivity index (χ2n) is 2.67. The molecule has 0 saturated carbocycles. The monoisotopic (exact) mass is 276 g/mol. The highest BCUT2D eigenvalue weighted by molar-refractivity contribution is 9.10. The van der Waals surface area contributed by atoms with Gasteiger partial charge in [-0.15, -0.1) is 22.9 Å². The van der Waals surface area contributed by atoms with E-state index in [0.717, 1.165) is 20.1 Å². The average molecular weight is 278 g/mol. The van der Waals surface area contributed by atoms with Crippen molar-refractivity contribution in [2.45, 2.75) is 5.88 Å². The van der Waals surface area contributed by atoms with E-state index < -0.39 is 0 Å². The standard InChI is InChI=1S/C9H6BrClOS/c10-8-6-1-2-13-9(6)5(4-11)3-7(8)12/h1-3,12H,4H2. The Morgan fingerprint density at radius 1 is 1.54 bits per heavy atom. The topological polar surface area (TPSA) is 20.2 Å². The SMILES string of the molecule is Oc1cc(CCl)c2sccc2c1Br. The third-order valence-corrected chi connectivity index (χ3v) is 3.98. The van der Waals surface area contributed by atoms with Crippen LogP contribution < -0.4 is 0 Å². The van der Waals surface area contributed by atoms with E-state index in [-0.39, 0.29) is 5.75 Å². The summed E-state index contributed by atoms with van der Waals surface area (Å²) < 4.78 is 1.89. The average Bonchev–Trinajstić information content (AvgIpc) is 2.60. The molecule has 0 spiro atoms. The molecule has 0 saturated heterocycles. The quantitative estimate of drug-likeness (QED) is 0.778. The molecule has 0 aliphatic rings. The van der Waals surface area contributed by atoms with Crippen LogP contribution in [0.15, 0.2) is 22.0 Å². The Kier molecular flexibility index (Phi) is 2.49. The Labute approximate surface area is 93.1 Å². The zero-order valence-corrected chi connectivity index (χ0v) is 9.71. The predicted molar refractivity (Wildman–Crippen MR) is 60.7 cm³/mol. The Bertz CT molecular complexity index is 452. The van der Waals surface area contributed by atoms with E-state index in [4.69, 9.17) is 11.6 Å². The number of rotatable bonds is 1. The first-order chi connectivity index (χ1) is 6.24. The highest BCUT2D eigenvalue weighted by Crippen LogP contribution is 2.38. The summed E-state index contributed by atoms with van der Waals surface area (Å²) in [4.78, 5) is 0. The molecule has 1 aromatic carbocycles. The summed E-state index contributed by atoms with van der Waals surface area (Å²) in [6.07, 6.45) is 0. The molecule has 1 N–H and O–H groups in total. The number of alkyl halides is 1. The van der Waals surface area contributed by atoms with Gasteiger partial charge in [0, 0.05) is 16.0 Å². The number of fused-ring (bicyclic) bond motifs is 1. The van der Waals surface area contributed by atoms with Crippen LogP contribution in [-0.2, 0) is 5.88 Å². The third-order valence-electron chi connectivity index (χ3n) is 1.87. The molecule has 0 atom stereocenters. The summed E-state index contributed by atoms with van der Waals surface area (Å²) in [6.45, 7) is 0. The van der Waals surface area contributed by atoms with Gasteiger partial charge in [-0.3, -0.25) is 0 Å². The van der Waals surface area contributed by atoms with Gasteiger partial charge in [-0.1, -0.05) is 0 Å². The summed E-state index contributed by atoms with van der Waals surface area (Å²) in [6, 6.07) is 3.68. The fraction of sp³-hybridized carbons (Fsp3) is 0.111. The number of aromatic hydroxyl groups is 1. The van der Waals surface area contributed by atoms with Gasteiger partial charge in [0.25, 0.3) is 0 Å². The summed E-state index contributed by atoms with van der Waals surface area (Å²) in [5.74, 6) is 0.680. The van der Waals surface area contributed by atoms with Gasteiger partial charge in [0.2, 0.25) is 0 Å². The minimum atomic E-state index is 0.251. The van der Waals surface area contributed by atoms with Crippen molar-refractivity contribution < 1.29 is 5.11 Å². The maximum atomic E-state index is 9.55. The van der Waals surface area contributed by atoms with E-state index >= 15 is 0 Å². The number of hydrogen-bond acceptors (Lipinski definition) is 2. The largest absolute Gasteiger partial charge is 0.507 e. The Hall–Kier alpha value is -0.250. The van der Waals surface area contributed by atoms with Crippen molar-refractivity contribution in [1.82, 2.24) is 0 Å². The fourth-order valence-corrected chi connectivity index (χ4v) is 3.05. The van der Waals surface area contributed by atoms with Crippen LogP contribution in [0.2, 0.25) is 0 Å². The number of thiophene rings is 1. The number of phenols is 1. The number of halogens is 2. The van der Waals surface area contributed by atoms with Crippen LogP contribution in [0.4, 0.5) is 0 Å². The number of phenolic OH excluding ortho intramolecular Hbond substituents is 1. The zero-order chi connectivity index (χ0) is 9.42. The summed E-state index contributed by atoms with van der Waals surface area (Å²) >= 11 is 10.7. The van der Waals surface area contributed by atoms with Gasteiger partial charge in [-0.05, 0) is 39.0 Å². The van der Waals surface area contributed by atoms with E-state index in [9.17, 15) is 5.11 Å². The Morgan fingerprint density at radius 3 is 3.00 bits per heavy atom. The lowest BCUT2D eigenvalue weighted by Gasteiger charge is -2.03. The molecule has 0 aliphatic heterocycles. The van der Waals surface area contributed by atoms with E-state index in [0.29, 0.717) is 5.88 Å². The smallest absolute Gasteiger partial charge is 0.130 e. The molecule has 0 amide bonds. The van der Waals surface area contributed by atoms with E-state index in [2.05, 4.69) is 15.9 Å². The molecule has 0 bridgehead atoms. The molecular weight excluding hydrogens is 272 g/mol. The Balaban J connectivity index is 2.87. The van der Waals surface area contributed by atoms with Crippen LogP contribution >= 0.6 is 38.9 Å². The van der Waals surface area contributed by atoms with Crippen molar-refractivity contribution in [3.8, 4) is 5.75 Å². The first-order valence-electron chi connectivity index (χ1n) is 3.67. The predicted octanol–water partition coefficient (Wildman–Crippen LogP) is 4.11. The molecule has 1 heterocycles. The zero-order valence-electron chi connectivity index (χ0n) is 6.55. The fourth-order valence-electron chi connectivity index (χ4n) is 1.26. The lowest BCUT2D eigenvalue weighted by Crippen LogP contribution is -1.79. The van der Waals surface area contributed by atoms with Crippen molar-refractivity contribution in [2.75, 3.05) is 0 Å². The molecule has 0 fully saturated rings. The van der Waals surface area contributed by atoms with Crippen LogP contribution in [-0.4, -0.2) is 5.11 Å². The molecule has 0 unspecified atom stereocenters. The number of hydrogen-bond donors (Lipinski definition) is 1. The van der Waals surface area contributed by atoms with Gasteiger partial charge in [-0.25, -0.2) is 0 Å². The second kappa shape index (κ2) is 3.48. The number of benzene rings is 1. The second-order valence-corrected chi connectivity index (χ2v) is 4.64. The molecule has 0 radical (unpaired) electrons. The van der Waals surface area contributed by atoms with Crippen LogP contribution in [0.25, 0.3) is 10.1 Å². The molecule has 1 aromatic heterocycles. The summed E-state index contributed by atoms with van der Waals surface area (Å²) in [5.41, 5.74) is 0.979. The van der Waals surface area contributed by atoms with Crippen molar-refractivity contribution in [3.05, 3.63) is 27.5 Å². The van der Waals surface area contributed by atoms with E-state index in [1.165, 1.54) is 0 Å². The molecular formula is C9H6BrClOS. The molecule has 68 valence electrons. The Morgan fingerprint density at radius 2 is 2.31 bits per heavy atom. The maximum absolute atomic E-state index is 9.55. The minimum absolute atomic E-state index is 0.251. The van der Waals surface area contributed by atoms with Crippen molar-refractivity contribution in [3.63, 3.8) is 0 Å². The van der Waals surface area contributed by atoms with Gasteiger partial charge >= 0.3 is 0 Å². The molecule has 2 rings (SSSR count). The van der Waals surface area contributed by atoms with Crippen LogP contribution in [0.3, 0.4) is 0 Å². The highest BCUT2D eigenvalue weighted by atomic mass is 79.9. The van der Waals surface area contributed by atoms with Gasteiger partial charge in [-0.2, -0.15) is 0 Å². The molecule has 0 aliphatic carbocycles. The molecule has 1 nitrogen and oxygen atoms in total. The maximum Gasteiger partial charge on any atom is 0.130 e. The molecule has 4 heteroatoms. The van der Waals surface area contributed by atoms with Gasteiger partial charge < -0.3 is 5.11 Å². The van der Waals surface area contributed by atoms with E-state index in [1.807, 2.05) is 11.4 Å². The molecule has 2 aromatic rings. The van der Waals surface area contributed by atoms with Gasteiger partial charge in [0.05, 0.1) is 4.47 Å². The summed E-state index contributed by atoms with van der Waals surface area (Å²) in [5, 5.41) is 12.6. The minimum Gasteiger partial charge on any atom is -0.507 e. The van der Waals surface area contributed by atoms with Crippen LogP contribution in [0.5, 0.6) is 5.75 Å². The van der Waals surface area contributed by atoms with Gasteiger partial charge in [0.1, 0.15) is 5.75 Å². The highest BCUT2D eigenvalue weighted by Gasteiger charge is 2.09. The van der Waals surface area contributed by atoms with Crippen molar-refractivity contribution in [2.24, 2.45) is 0 Å². The van der Waals surface area contributed by atoms with E-state index in [1.54, 1.807) is 17.4 Å². The lowest BCUT2D eigenvalue weighted by molar-refractivity contribution is 0.472. The first kappa shape index (κ1) is 9.31. The van der Waals surface area contributed by atoms with Crippen molar-refractivity contribution >= 4 is 49.0 Å². The normalized spacial score (nSPS) is 10.9. The summed E-state index contributed by atoms with van der Waals surface area (Å²) in [7, 11) is 0. The first-order valence-corrected chi connectivity index (χ1v) is 5.88.